The third-order valence-electron chi connectivity index (χ3n) is 18.0. The minimum Gasteiger partial charge on any atom is -0.748 e. The number of carbonyl (C=O) groups excluding carboxylic acids is 1. The third kappa shape index (κ3) is 10.8. The number of nitrogens with one attached hydrogen (secondary N) is 1. The number of ether oxygens (including phenoxy) is 1. The van der Waals surface area contributed by atoms with Gasteiger partial charge in [0, 0.05) is 70.8 Å². The predicted octanol–water partition coefficient (Wildman–Crippen LogP) is 8.38. The molecule has 3 saturated heterocycles. The van der Waals surface area contributed by atoms with Crippen LogP contribution in [-0.2, 0) is 29.3 Å². The van der Waals surface area contributed by atoms with Crippen LogP contribution in [0.3, 0.4) is 0 Å². The zero-order chi connectivity index (χ0) is 47.7. The molecule has 15 heteroatoms. The van der Waals surface area contributed by atoms with Crippen LogP contribution in [0, 0.1) is 46.3 Å². The Morgan fingerprint density at radius 2 is 1.21 bits per heavy atom. The molecular formula is C52H83N5O8S2. The van der Waals surface area contributed by atoms with E-state index in [-0.39, 0.29) is 28.4 Å². The summed E-state index contributed by atoms with van der Waals surface area (Å²) in [5, 5.41) is 0. The van der Waals surface area contributed by atoms with Gasteiger partial charge in [-0.1, -0.05) is 85.3 Å². The maximum absolute atomic E-state index is 12.9. The Bertz CT molecular complexity index is 2190. The van der Waals surface area contributed by atoms with Crippen LogP contribution in [0.2, 0.25) is 0 Å². The summed E-state index contributed by atoms with van der Waals surface area (Å²) in [5.41, 5.74) is 8.70. The smallest absolute Gasteiger partial charge is 0.410 e. The molecule has 0 aromatic carbocycles. The Labute approximate surface area is 403 Å². The first-order chi connectivity index (χ1) is 31.9. The number of carbonyl (C=O) groups is 1. The van der Waals surface area contributed by atoms with Gasteiger partial charge in [-0.05, 0) is 119 Å². The van der Waals surface area contributed by atoms with Crippen molar-refractivity contribution in [2.75, 3.05) is 63.9 Å². The van der Waals surface area contributed by atoms with Crippen molar-refractivity contribution in [3.8, 4) is 0 Å². The van der Waals surface area contributed by atoms with Gasteiger partial charge in [0.15, 0.2) is 13.1 Å². The van der Waals surface area contributed by atoms with Gasteiger partial charge in [0.1, 0.15) is 0 Å². The van der Waals surface area contributed by atoms with Crippen molar-refractivity contribution < 1.29 is 39.8 Å². The van der Waals surface area contributed by atoms with Crippen molar-refractivity contribution >= 4 is 32.0 Å². The van der Waals surface area contributed by atoms with Crippen LogP contribution in [0.1, 0.15) is 144 Å². The summed E-state index contributed by atoms with van der Waals surface area (Å²) in [6.45, 7) is 17.9. The second-order valence-electron chi connectivity index (χ2n) is 22.4. The lowest BCUT2D eigenvalue weighted by molar-refractivity contribution is -0.537. The van der Waals surface area contributed by atoms with E-state index in [0.717, 1.165) is 37.5 Å². The molecule has 3 heterocycles. The standard InChI is InChI=1S/C52H83N5O8S2/c1-7-53-65-67(62,63)36-14-30-57-44-26-22-38-16-10-12-18-42(38)48(44)52(5,6)46(57)28-24-40-20-19-39(49(40)54-31-33-55(34-32-54)50(58)64-8-2)23-27-45-51(3,4)47-41-17-11-9-15-37(41)21-25-43(47)56(45)29-13-35-66(59,60)61/h23-24,27-28,37-38,41-44,47-48,53H,7-22,25-26,29-36H2,1-6H3. The van der Waals surface area contributed by atoms with Crippen molar-refractivity contribution in [1.29, 1.82) is 0 Å². The third-order valence-corrected chi connectivity index (χ3v) is 19.9. The summed E-state index contributed by atoms with van der Waals surface area (Å²) in [5.74, 6) is 3.45. The molecule has 0 aromatic heterocycles. The number of amides is 1. The lowest BCUT2D eigenvalue weighted by Gasteiger charge is -2.47. The molecule has 1 amide bonds. The van der Waals surface area contributed by atoms with E-state index in [1.807, 2.05) is 18.7 Å². The fourth-order valence-electron chi connectivity index (χ4n) is 15.3. The topological polar surface area (TPSA) is 152 Å². The number of rotatable bonds is 14. The summed E-state index contributed by atoms with van der Waals surface area (Å²) in [7, 11) is -8.02. The minimum atomic E-state index is -4.32. The highest BCUT2D eigenvalue weighted by atomic mass is 32.2. The number of hydrogen-bond donors (Lipinski definition) is 1. The largest absolute Gasteiger partial charge is 0.748 e. The molecule has 5 saturated carbocycles. The van der Waals surface area contributed by atoms with Crippen LogP contribution >= 0.6 is 0 Å². The van der Waals surface area contributed by atoms with Gasteiger partial charge in [0.2, 0.25) is 5.71 Å². The Hall–Kier alpha value is -2.72. The first-order valence-corrected chi connectivity index (χ1v) is 29.6. The second-order valence-corrected chi connectivity index (χ2v) is 25.6. The lowest BCUT2D eigenvalue weighted by atomic mass is 9.58. The predicted molar refractivity (Wildman–Crippen MR) is 262 cm³/mol. The van der Waals surface area contributed by atoms with Crippen molar-refractivity contribution in [3.05, 3.63) is 46.8 Å². The van der Waals surface area contributed by atoms with E-state index in [0.29, 0.717) is 101 Å². The number of hydroxylamine groups is 1. The molecule has 8 unspecified atom stereocenters. The molecular weight excluding hydrogens is 887 g/mol. The fraction of sp³-hybridized carbons (Fsp3) is 0.808. The van der Waals surface area contributed by atoms with Gasteiger partial charge in [-0.15, -0.1) is 0 Å². The normalized spacial score (nSPS) is 34.2. The lowest BCUT2D eigenvalue weighted by Crippen LogP contribution is -2.47. The molecule has 0 radical (unpaired) electrons. The average Bonchev–Trinajstić information content (AvgIpc) is 3.87. The highest BCUT2D eigenvalue weighted by molar-refractivity contribution is 7.86. The minimum absolute atomic E-state index is 0.0389. The highest BCUT2D eigenvalue weighted by Crippen LogP contribution is 2.61. The fourth-order valence-corrected chi connectivity index (χ4v) is 16.7. The SMILES string of the molecule is CCNOS(=O)(=O)CCCN1/C(=C/C=C2\CC/C(=C\C=C3\N(CCCS(=O)(=O)[O-])C4CCC5CCCCC5C4C3(C)C)C2=[N+]2CCN(C(=O)OCC)CC2)C(C)(C)C2C3CCCCC3CCC21. The van der Waals surface area contributed by atoms with Crippen LogP contribution in [0.4, 0.5) is 4.79 Å². The first-order valence-electron chi connectivity index (χ1n) is 26.4. The molecule has 67 heavy (non-hydrogen) atoms. The highest BCUT2D eigenvalue weighted by Gasteiger charge is 2.58. The van der Waals surface area contributed by atoms with Crippen molar-refractivity contribution in [2.24, 2.45) is 46.3 Å². The Kier molecular flexibility index (Phi) is 15.8. The summed E-state index contributed by atoms with van der Waals surface area (Å²) in [6, 6.07) is 0.713. The number of likely N-dealkylation sites (tertiary alicyclic amines) is 2. The monoisotopic (exact) mass is 970 g/mol. The van der Waals surface area contributed by atoms with E-state index in [1.54, 1.807) is 0 Å². The molecule has 8 rings (SSSR count). The maximum atomic E-state index is 12.9. The molecule has 1 N–H and O–H groups in total. The van der Waals surface area contributed by atoms with E-state index < -0.39 is 20.2 Å². The van der Waals surface area contributed by atoms with E-state index in [1.165, 1.54) is 92.5 Å². The van der Waals surface area contributed by atoms with Gasteiger partial charge in [-0.3, -0.25) is 4.90 Å². The Morgan fingerprint density at radius 1 is 0.716 bits per heavy atom. The number of hydrogen-bond acceptors (Lipinski definition) is 11. The molecule has 8 aliphatic rings. The molecule has 376 valence electrons. The first kappa shape index (κ1) is 50.7. The van der Waals surface area contributed by atoms with E-state index in [4.69, 9.17) is 9.02 Å². The van der Waals surface area contributed by atoms with Crippen molar-refractivity contribution in [3.63, 3.8) is 0 Å². The molecule has 8 fully saturated rings. The van der Waals surface area contributed by atoms with E-state index in [2.05, 4.69) is 71.9 Å². The van der Waals surface area contributed by atoms with E-state index in [9.17, 15) is 26.2 Å². The van der Waals surface area contributed by atoms with Crippen LogP contribution in [0.25, 0.3) is 0 Å². The molecule has 0 spiro atoms. The van der Waals surface area contributed by atoms with Gasteiger partial charge in [-0.25, -0.2) is 17.8 Å². The van der Waals surface area contributed by atoms with Gasteiger partial charge in [0.05, 0.1) is 35.6 Å². The van der Waals surface area contributed by atoms with Gasteiger partial charge < -0.3 is 19.1 Å². The van der Waals surface area contributed by atoms with Gasteiger partial charge >= 0.3 is 6.09 Å². The molecule has 3 aliphatic heterocycles. The molecule has 5 aliphatic carbocycles. The van der Waals surface area contributed by atoms with Gasteiger partial charge in [0.25, 0.3) is 10.1 Å². The average molecular weight is 970 g/mol. The summed E-state index contributed by atoms with van der Waals surface area (Å²) in [4.78, 5) is 19.8. The van der Waals surface area contributed by atoms with Crippen LogP contribution in [0.15, 0.2) is 46.8 Å². The molecule has 8 atom stereocenters. The molecule has 13 nitrogen and oxygen atoms in total. The molecule has 0 bridgehead atoms. The Morgan fingerprint density at radius 3 is 1.69 bits per heavy atom. The zero-order valence-corrected chi connectivity index (χ0v) is 43.3. The van der Waals surface area contributed by atoms with Crippen LogP contribution in [0.5, 0.6) is 0 Å². The number of fused-ring (bicyclic) bond motifs is 6. The summed E-state index contributed by atoms with van der Waals surface area (Å²) < 4.78 is 74.1. The van der Waals surface area contributed by atoms with Crippen LogP contribution in [-0.4, -0.2) is 128 Å². The van der Waals surface area contributed by atoms with Gasteiger partial charge in [-0.2, -0.15) is 18.2 Å². The van der Waals surface area contributed by atoms with Crippen LogP contribution < -0.4 is 5.48 Å². The molecule has 0 aromatic rings. The van der Waals surface area contributed by atoms with E-state index >= 15 is 0 Å². The Balaban J connectivity index is 1.16. The number of allylic oxidation sites excluding steroid dienone is 8. The van der Waals surface area contributed by atoms with Crippen molar-refractivity contribution in [2.45, 2.75) is 156 Å². The number of nitrogens with zero attached hydrogens (tertiary/aromatic N) is 4. The number of piperazine rings is 1. The second kappa shape index (κ2) is 20.9. The zero-order valence-electron chi connectivity index (χ0n) is 41.7. The van der Waals surface area contributed by atoms with Crippen molar-refractivity contribution in [1.82, 2.24) is 20.2 Å². The maximum Gasteiger partial charge on any atom is 0.410 e. The summed E-state index contributed by atoms with van der Waals surface area (Å²) in [6.07, 6.45) is 26.8. The quantitative estimate of drug-likeness (QED) is 0.102. The summed E-state index contributed by atoms with van der Waals surface area (Å²) >= 11 is 0.